The minimum Gasteiger partial charge on any atom is -0.372 e. The summed E-state index contributed by atoms with van der Waals surface area (Å²) in [6.07, 6.45) is -0.122. The molecule has 0 radical (unpaired) electrons. The number of carbonyl (C=O) groups is 1. The van der Waals surface area contributed by atoms with Gasteiger partial charge < -0.3 is 20.3 Å². The number of carbonyl (C=O) groups excluding carboxylic acids is 1. The molecule has 0 aromatic heterocycles. The molecule has 2 N–H and O–H groups in total. The van der Waals surface area contributed by atoms with Crippen LogP contribution in [0.3, 0.4) is 0 Å². The molecule has 2 aliphatic heterocycles. The second kappa shape index (κ2) is 11.2. The molecule has 2 aromatic carbocycles. The van der Waals surface area contributed by atoms with E-state index in [2.05, 4.69) is 10.6 Å². The Kier molecular flexibility index (Phi) is 8.25. The van der Waals surface area contributed by atoms with Gasteiger partial charge in [-0.05, 0) is 69.2 Å². The second-order valence-electron chi connectivity index (χ2n) is 10.1. The van der Waals surface area contributed by atoms with Crippen LogP contribution in [0.4, 0.5) is 18.0 Å². The Morgan fingerprint density at radius 3 is 2.53 bits per heavy atom. The third-order valence-electron chi connectivity index (χ3n) is 7.38. The average molecular weight is 504 g/mol. The molecule has 36 heavy (non-hydrogen) atoms. The van der Waals surface area contributed by atoms with Gasteiger partial charge in [0.15, 0.2) is 0 Å². The van der Waals surface area contributed by atoms with E-state index in [1.54, 1.807) is 19.9 Å². The SMILES string of the molecule is Cc1cc([C@@H](C)OC[C@@]2(c3ccccc3)CC[C@H](NC(=O)N3CCCCC3)CN2)cc(C(F)(F)F)c1. The first-order chi connectivity index (χ1) is 17.2. The van der Waals surface area contributed by atoms with Crippen molar-refractivity contribution in [1.82, 2.24) is 15.5 Å². The van der Waals surface area contributed by atoms with Gasteiger partial charge in [0, 0.05) is 25.7 Å². The Balaban J connectivity index is 1.44. The Hall–Kier alpha value is -2.58. The van der Waals surface area contributed by atoms with Gasteiger partial charge in [0.05, 0.1) is 23.8 Å². The highest BCUT2D eigenvalue weighted by Gasteiger charge is 2.38. The smallest absolute Gasteiger partial charge is 0.372 e. The summed E-state index contributed by atoms with van der Waals surface area (Å²) < 4.78 is 46.2. The van der Waals surface area contributed by atoms with Crippen molar-refractivity contribution in [1.29, 1.82) is 0 Å². The predicted molar refractivity (Wildman–Crippen MR) is 134 cm³/mol. The van der Waals surface area contributed by atoms with Gasteiger partial charge in [0.25, 0.3) is 0 Å². The molecule has 3 atom stereocenters. The van der Waals surface area contributed by atoms with Crippen LogP contribution in [0.15, 0.2) is 48.5 Å². The molecule has 8 heteroatoms. The number of likely N-dealkylation sites (tertiary alicyclic amines) is 1. The summed E-state index contributed by atoms with van der Waals surface area (Å²) in [5.74, 6) is 0. The van der Waals surface area contributed by atoms with Crippen LogP contribution >= 0.6 is 0 Å². The van der Waals surface area contributed by atoms with E-state index in [1.807, 2.05) is 35.2 Å². The number of hydrogen-bond donors (Lipinski definition) is 2. The second-order valence-corrected chi connectivity index (χ2v) is 10.1. The Bertz CT molecular complexity index is 1010. The maximum absolute atomic E-state index is 13.3. The fraction of sp³-hybridized carbons (Fsp3) is 0.536. The van der Waals surface area contributed by atoms with Gasteiger partial charge >= 0.3 is 12.2 Å². The van der Waals surface area contributed by atoms with Crippen LogP contribution in [0.5, 0.6) is 0 Å². The lowest BCUT2D eigenvalue weighted by Gasteiger charge is -2.43. The molecule has 0 spiro atoms. The van der Waals surface area contributed by atoms with E-state index in [0.29, 0.717) is 24.3 Å². The van der Waals surface area contributed by atoms with Crippen LogP contribution in [0.25, 0.3) is 0 Å². The molecule has 5 nitrogen and oxygen atoms in total. The maximum atomic E-state index is 13.3. The summed E-state index contributed by atoms with van der Waals surface area (Å²) in [5, 5.41) is 6.80. The molecule has 2 heterocycles. The van der Waals surface area contributed by atoms with E-state index in [0.717, 1.165) is 50.4 Å². The van der Waals surface area contributed by atoms with Gasteiger partial charge in [0.2, 0.25) is 0 Å². The van der Waals surface area contributed by atoms with Crippen LogP contribution in [0, 0.1) is 6.92 Å². The molecular formula is C28H36F3N3O2. The van der Waals surface area contributed by atoms with Crippen molar-refractivity contribution in [3.63, 3.8) is 0 Å². The summed E-state index contributed by atoms with van der Waals surface area (Å²) in [7, 11) is 0. The van der Waals surface area contributed by atoms with Crippen molar-refractivity contribution in [3.8, 4) is 0 Å². The zero-order valence-corrected chi connectivity index (χ0v) is 21.0. The molecule has 0 bridgehead atoms. The van der Waals surface area contributed by atoms with Crippen LogP contribution in [-0.4, -0.2) is 43.2 Å². The van der Waals surface area contributed by atoms with E-state index in [-0.39, 0.29) is 12.1 Å². The molecule has 4 rings (SSSR count). The van der Waals surface area contributed by atoms with E-state index in [9.17, 15) is 18.0 Å². The first-order valence-electron chi connectivity index (χ1n) is 12.8. The Morgan fingerprint density at radius 1 is 1.17 bits per heavy atom. The Labute approximate surface area is 211 Å². The highest BCUT2D eigenvalue weighted by Crippen LogP contribution is 2.35. The van der Waals surface area contributed by atoms with E-state index in [4.69, 9.17) is 4.74 Å². The van der Waals surface area contributed by atoms with Crippen LogP contribution < -0.4 is 10.6 Å². The normalized spacial score (nSPS) is 23.8. The zero-order chi connectivity index (χ0) is 25.8. The fourth-order valence-electron chi connectivity index (χ4n) is 5.20. The quantitative estimate of drug-likeness (QED) is 0.514. The van der Waals surface area contributed by atoms with Gasteiger partial charge in [-0.15, -0.1) is 0 Å². The molecular weight excluding hydrogens is 467 g/mol. The zero-order valence-electron chi connectivity index (χ0n) is 21.0. The van der Waals surface area contributed by atoms with E-state index in [1.165, 1.54) is 12.5 Å². The van der Waals surface area contributed by atoms with Crippen LogP contribution in [0.2, 0.25) is 0 Å². The van der Waals surface area contributed by atoms with Crippen LogP contribution in [-0.2, 0) is 16.5 Å². The number of rotatable bonds is 6. The highest BCUT2D eigenvalue weighted by molar-refractivity contribution is 5.74. The molecule has 0 aliphatic carbocycles. The third-order valence-corrected chi connectivity index (χ3v) is 7.38. The molecule has 2 aliphatic rings. The number of amides is 2. The lowest BCUT2D eigenvalue weighted by Crippen LogP contribution is -2.58. The number of ether oxygens (including phenoxy) is 1. The first-order valence-corrected chi connectivity index (χ1v) is 12.8. The number of urea groups is 1. The monoisotopic (exact) mass is 503 g/mol. The summed E-state index contributed by atoms with van der Waals surface area (Å²) >= 11 is 0. The first kappa shape index (κ1) is 26.5. The molecule has 2 fully saturated rings. The van der Waals surface area contributed by atoms with Gasteiger partial charge in [-0.2, -0.15) is 13.2 Å². The number of nitrogens with zero attached hydrogens (tertiary/aromatic N) is 1. The summed E-state index contributed by atoms with van der Waals surface area (Å²) in [6, 6.07) is 14.1. The van der Waals surface area contributed by atoms with E-state index >= 15 is 0 Å². The highest BCUT2D eigenvalue weighted by atomic mass is 19.4. The number of piperidine rings is 2. The largest absolute Gasteiger partial charge is 0.416 e. The summed E-state index contributed by atoms with van der Waals surface area (Å²) in [4.78, 5) is 14.6. The number of hydrogen-bond acceptors (Lipinski definition) is 3. The van der Waals surface area contributed by atoms with Crippen molar-refractivity contribution in [3.05, 3.63) is 70.8 Å². The van der Waals surface area contributed by atoms with Crippen molar-refractivity contribution in [2.75, 3.05) is 26.2 Å². The molecule has 2 saturated heterocycles. The van der Waals surface area contributed by atoms with Crippen LogP contribution in [0.1, 0.15) is 67.4 Å². The van der Waals surface area contributed by atoms with Gasteiger partial charge in [-0.3, -0.25) is 0 Å². The standard InChI is InChI=1S/C28H36F3N3O2/c1-20-15-22(17-24(16-20)28(29,30)31)21(2)36-19-27(23-9-5-3-6-10-23)12-11-25(18-32-27)33-26(35)34-13-7-4-8-14-34/h3,5-6,9-10,15-17,21,25,32H,4,7-8,11-14,18-19H2,1-2H3,(H,33,35)/t21-,25+,27-/m1/s1. The maximum Gasteiger partial charge on any atom is 0.416 e. The summed E-state index contributed by atoms with van der Waals surface area (Å²) in [6.45, 7) is 5.96. The number of alkyl halides is 3. The minimum absolute atomic E-state index is 0.00139. The molecule has 2 amide bonds. The van der Waals surface area contributed by atoms with Gasteiger partial charge in [0.1, 0.15) is 0 Å². The molecule has 196 valence electrons. The number of nitrogens with one attached hydrogen (secondary N) is 2. The molecule has 2 aromatic rings. The van der Waals surface area contributed by atoms with Crippen molar-refractivity contribution < 1.29 is 22.7 Å². The lowest BCUT2D eigenvalue weighted by molar-refractivity contribution is -0.137. The topological polar surface area (TPSA) is 53.6 Å². The summed E-state index contributed by atoms with van der Waals surface area (Å²) in [5.41, 5.74) is 0.981. The number of halogens is 3. The average Bonchev–Trinajstić information content (AvgIpc) is 2.88. The van der Waals surface area contributed by atoms with E-state index < -0.39 is 23.4 Å². The van der Waals surface area contributed by atoms with Crippen molar-refractivity contribution in [2.24, 2.45) is 0 Å². The Morgan fingerprint density at radius 2 is 1.89 bits per heavy atom. The van der Waals surface area contributed by atoms with Gasteiger partial charge in [-0.25, -0.2) is 4.79 Å². The van der Waals surface area contributed by atoms with Crippen molar-refractivity contribution >= 4 is 6.03 Å². The predicted octanol–water partition coefficient (Wildman–Crippen LogP) is 5.93. The number of aryl methyl sites for hydroxylation is 1. The lowest BCUT2D eigenvalue weighted by atomic mass is 9.81. The molecule has 0 saturated carbocycles. The van der Waals surface area contributed by atoms with Crippen molar-refractivity contribution in [2.45, 2.75) is 69.8 Å². The molecule has 0 unspecified atom stereocenters. The minimum atomic E-state index is -4.40. The fourth-order valence-corrected chi connectivity index (χ4v) is 5.20. The van der Waals surface area contributed by atoms with Gasteiger partial charge in [-0.1, -0.05) is 42.0 Å². The third kappa shape index (κ3) is 6.40. The number of benzene rings is 2.